The average molecular weight is 291 g/mol. The Morgan fingerprint density at radius 3 is 2.79 bits per heavy atom. The molecular formula is C13H23ClN2O3. The second-order valence-electron chi connectivity index (χ2n) is 4.56. The molecule has 0 radical (unpaired) electrons. The number of ether oxygens (including phenoxy) is 1. The summed E-state index contributed by atoms with van der Waals surface area (Å²) in [5.74, 6) is 1.08. The standard InChI is InChI=1S/C13H22N2O3.ClH/c1-10(2)3-5-17-6-4-15-13(16)11-7-12(8-14)18-9-11;/h7,9-10H,3-6,8,14H2,1-2H3,(H,15,16);1H. The zero-order chi connectivity index (χ0) is 13.4. The van der Waals surface area contributed by atoms with Crippen LogP contribution in [0.2, 0.25) is 0 Å². The number of amides is 1. The highest BCUT2D eigenvalue weighted by atomic mass is 35.5. The maximum atomic E-state index is 11.6. The molecule has 6 heteroatoms. The van der Waals surface area contributed by atoms with Gasteiger partial charge < -0.3 is 20.2 Å². The minimum absolute atomic E-state index is 0. The van der Waals surface area contributed by atoms with Gasteiger partial charge in [0.15, 0.2) is 0 Å². The van der Waals surface area contributed by atoms with Crippen LogP contribution in [0.5, 0.6) is 0 Å². The first kappa shape index (κ1) is 18.0. The van der Waals surface area contributed by atoms with Gasteiger partial charge in [-0.05, 0) is 18.4 Å². The SMILES string of the molecule is CC(C)CCOCCNC(=O)c1coc(CN)c1.Cl. The van der Waals surface area contributed by atoms with Crippen LogP contribution in [-0.4, -0.2) is 25.7 Å². The summed E-state index contributed by atoms with van der Waals surface area (Å²) in [5.41, 5.74) is 5.89. The van der Waals surface area contributed by atoms with Gasteiger partial charge in [0.25, 0.3) is 5.91 Å². The molecule has 3 N–H and O–H groups in total. The number of carbonyl (C=O) groups is 1. The van der Waals surface area contributed by atoms with Gasteiger partial charge in [-0.25, -0.2) is 0 Å². The number of furan rings is 1. The topological polar surface area (TPSA) is 77.5 Å². The number of carbonyl (C=O) groups excluding carboxylic acids is 1. The van der Waals surface area contributed by atoms with E-state index in [1.807, 2.05) is 0 Å². The molecule has 0 saturated heterocycles. The molecule has 0 aliphatic carbocycles. The molecule has 0 bridgehead atoms. The highest BCUT2D eigenvalue weighted by molar-refractivity contribution is 5.93. The molecule has 0 saturated carbocycles. The predicted octanol–water partition coefficient (Wildman–Crippen LogP) is 1.95. The van der Waals surface area contributed by atoms with Crippen molar-refractivity contribution in [3.05, 3.63) is 23.7 Å². The van der Waals surface area contributed by atoms with Gasteiger partial charge in [-0.1, -0.05) is 13.8 Å². The van der Waals surface area contributed by atoms with E-state index in [4.69, 9.17) is 14.9 Å². The maximum Gasteiger partial charge on any atom is 0.254 e. The van der Waals surface area contributed by atoms with E-state index in [0.29, 0.717) is 36.9 Å². The predicted molar refractivity (Wildman–Crippen MR) is 76.5 cm³/mol. The van der Waals surface area contributed by atoms with Crippen molar-refractivity contribution in [2.75, 3.05) is 19.8 Å². The molecule has 1 amide bonds. The van der Waals surface area contributed by atoms with Crippen LogP contribution in [0, 0.1) is 5.92 Å². The fourth-order valence-corrected chi connectivity index (χ4v) is 1.37. The Balaban J connectivity index is 0.00000324. The number of nitrogens with one attached hydrogen (secondary N) is 1. The van der Waals surface area contributed by atoms with Gasteiger partial charge in [0.2, 0.25) is 0 Å². The van der Waals surface area contributed by atoms with E-state index in [0.717, 1.165) is 13.0 Å². The molecule has 0 unspecified atom stereocenters. The number of hydrogen-bond acceptors (Lipinski definition) is 4. The first-order chi connectivity index (χ1) is 8.63. The van der Waals surface area contributed by atoms with Gasteiger partial charge in [0, 0.05) is 13.2 Å². The molecule has 5 nitrogen and oxygen atoms in total. The summed E-state index contributed by atoms with van der Waals surface area (Å²) >= 11 is 0. The summed E-state index contributed by atoms with van der Waals surface area (Å²) < 4.78 is 10.5. The highest BCUT2D eigenvalue weighted by Crippen LogP contribution is 2.06. The monoisotopic (exact) mass is 290 g/mol. The summed E-state index contributed by atoms with van der Waals surface area (Å²) in [4.78, 5) is 11.6. The highest BCUT2D eigenvalue weighted by Gasteiger charge is 2.08. The maximum absolute atomic E-state index is 11.6. The minimum Gasteiger partial charge on any atom is -0.467 e. The Kier molecular flexibility index (Phi) is 9.30. The molecular weight excluding hydrogens is 268 g/mol. The molecule has 0 spiro atoms. The van der Waals surface area contributed by atoms with Crippen molar-refractivity contribution in [2.24, 2.45) is 11.7 Å². The van der Waals surface area contributed by atoms with Gasteiger partial charge in [-0.3, -0.25) is 4.79 Å². The molecule has 1 aromatic rings. The summed E-state index contributed by atoms with van der Waals surface area (Å²) in [6, 6.07) is 1.65. The van der Waals surface area contributed by atoms with Crippen molar-refractivity contribution in [3.63, 3.8) is 0 Å². The number of nitrogens with two attached hydrogens (primary N) is 1. The van der Waals surface area contributed by atoms with Crippen LogP contribution < -0.4 is 11.1 Å². The van der Waals surface area contributed by atoms with Crippen molar-refractivity contribution in [1.29, 1.82) is 0 Å². The molecule has 0 aliphatic rings. The van der Waals surface area contributed by atoms with Crippen molar-refractivity contribution in [3.8, 4) is 0 Å². The molecule has 1 aromatic heterocycles. The summed E-state index contributed by atoms with van der Waals surface area (Å²) in [6.45, 7) is 6.36. The van der Waals surface area contributed by atoms with Crippen LogP contribution in [0.1, 0.15) is 36.4 Å². The van der Waals surface area contributed by atoms with E-state index in [2.05, 4.69) is 19.2 Å². The minimum atomic E-state index is -0.161. The third kappa shape index (κ3) is 7.20. The number of rotatable bonds is 8. The molecule has 0 fully saturated rings. The fraction of sp³-hybridized carbons (Fsp3) is 0.615. The third-order valence-corrected chi connectivity index (χ3v) is 2.49. The fourth-order valence-electron chi connectivity index (χ4n) is 1.37. The van der Waals surface area contributed by atoms with Crippen LogP contribution in [0.4, 0.5) is 0 Å². The van der Waals surface area contributed by atoms with Crippen molar-refractivity contribution < 1.29 is 13.9 Å². The first-order valence-electron chi connectivity index (χ1n) is 6.27. The molecule has 1 rings (SSSR count). The van der Waals surface area contributed by atoms with Crippen molar-refractivity contribution in [1.82, 2.24) is 5.32 Å². The third-order valence-electron chi connectivity index (χ3n) is 2.49. The normalized spacial score (nSPS) is 10.3. The van der Waals surface area contributed by atoms with Gasteiger partial charge in [-0.15, -0.1) is 12.4 Å². The Morgan fingerprint density at radius 1 is 1.47 bits per heavy atom. The van der Waals surface area contributed by atoms with Crippen LogP contribution in [0.25, 0.3) is 0 Å². The average Bonchev–Trinajstić information content (AvgIpc) is 2.81. The van der Waals surface area contributed by atoms with Gasteiger partial charge in [0.1, 0.15) is 12.0 Å². The van der Waals surface area contributed by atoms with E-state index >= 15 is 0 Å². The van der Waals surface area contributed by atoms with E-state index in [1.54, 1.807) is 6.07 Å². The molecule has 1 heterocycles. The lowest BCUT2D eigenvalue weighted by Crippen LogP contribution is -2.27. The van der Waals surface area contributed by atoms with Crippen molar-refractivity contribution >= 4 is 18.3 Å². The lowest BCUT2D eigenvalue weighted by atomic mass is 10.1. The van der Waals surface area contributed by atoms with Crippen LogP contribution in [0.15, 0.2) is 16.7 Å². The summed E-state index contributed by atoms with van der Waals surface area (Å²) in [6.07, 6.45) is 2.45. The molecule has 19 heavy (non-hydrogen) atoms. The second kappa shape index (κ2) is 9.83. The summed E-state index contributed by atoms with van der Waals surface area (Å²) in [7, 11) is 0. The lowest BCUT2D eigenvalue weighted by Gasteiger charge is -2.07. The first-order valence-corrected chi connectivity index (χ1v) is 6.27. The van der Waals surface area contributed by atoms with Gasteiger partial charge in [0.05, 0.1) is 18.7 Å². The Bertz CT molecular complexity index is 367. The smallest absolute Gasteiger partial charge is 0.254 e. The van der Waals surface area contributed by atoms with Crippen LogP contribution in [-0.2, 0) is 11.3 Å². The van der Waals surface area contributed by atoms with Crippen LogP contribution in [0.3, 0.4) is 0 Å². The van der Waals surface area contributed by atoms with Crippen molar-refractivity contribution in [2.45, 2.75) is 26.8 Å². The molecule has 0 aliphatic heterocycles. The van der Waals surface area contributed by atoms with Crippen LogP contribution >= 0.6 is 12.4 Å². The van der Waals surface area contributed by atoms with E-state index in [1.165, 1.54) is 6.26 Å². The van der Waals surface area contributed by atoms with Gasteiger partial charge >= 0.3 is 0 Å². The largest absolute Gasteiger partial charge is 0.467 e. The Hall–Kier alpha value is -1.04. The number of halogens is 1. The Morgan fingerprint density at radius 2 is 2.21 bits per heavy atom. The summed E-state index contributed by atoms with van der Waals surface area (Å²) in [5, 5.41) is 2.76. The lowest BCUT2D eigenvalue weighted by molar-refractivity contribution is 0.0905. The second-order valence-corrected chi connectivity index (χ2v) is 4.56. The quantitative estimate of drug-likeness (QED) is 0.718. The molecule has 110 valence electrons. The van der Waals surface area contributed by atoms with Gasteiger partial charge in [-0.2, -0.15) is 0 Å². The Labute approximate surface area is 120 Å². The van der Waals surface area contributed by atoms with E-state index in [9.17, 15) is 4.79 Å². The zero-order valence-electron chi connectivity index (χ0n) is 11.5. The van der Waals surface area contributed by atoms with E-state index < -0.39 is 0 Å². The number of hydrogen-bond donors (Lipinski definition) is 2. The zero-order valence-corrected chi connectivity index (χ0v) is 12.3. The van der Waals surface area contributed by atoms with E-state index in [-0.39, 0.29) is 18.3 Å². The molecule has 0 aromatic carbocycles. The molecule has 0 atom stereocenters.